The summed E-state index contributed by atoms with van der Waals surface area (Å²) in [5.74, 6) is -0.784. The number of carbonyl (C=O) groups excluding carboxylic acids is 2. The van der Waals surface area contributed by atoms with Gasteiger partial charge in [0, 0.05) is 34.8 Å². The molecule has 0 bridgehead atoms. The number of hydrogen-bond acceptors (Lipinski definition) is 7. The summed E-state index contributed by atoms with van der Waals surface area (Å²) >= 11 is 0. The van der Waals surface area contributed by atoms with Crippen molar-refractivity contribution >= 4 is 34.8 Å². The van der Waals surface area contributed by atoms with Crippen molar-refractivity contribution in [3.63, 3.8) is 0 Å². The summed E-state index contributed by atoms with van der Waals surface area (Å²) in [6.07, 6.45) is 0.607. The number of nitrogens with one attached hydrogen (secondary N) is 2. The summed E-state index contributed by atoms with van der Waals surface area (Å²) < 4.78 is 6.50. The van der Waals surface area contributed by atoms with Crippen molar-refractivity contribution in [1.82, 2.24) is 19.9 Å². The number of carboxylic acids is 2. The molecule has 0 radical (unpaired) electrons. The van der Waals surface area contributed by atoms with Crippen LogP contribution in [-0.2, 0) is 25.7 Å². The molecule has 0 spiro atoms. The fraction of sp³-hybridized carbons (Fsp3) is 0.333. The maximum Gasteiger partial charge on any atom is 0.326 e. The first kappa shape index (κ1) is 28.6. The third-order valence-corrected chi connectivity index (χ3v) is 5.71. The van der Waals surface area contributed by atoms with Crippen molar-refractivity contribution in [3.05, 3.63) is 63.3 Å². The fourth-order valence-corrected chi connectivity index (χ4v) is 3.47. The molecule has 0 saturated carbocycles. The van der Waals surface area contributed by atoms with E-state index in [2.05, 4.69) is 27.2 Å². The smallest absolute Gasteiger partial charge is 0.326 e. The predicted octanol–water partition coefficient (Wildman–Crippen LogP) is 2.03. The Kier molecular flexibility index (Phi) is 8.55. The van der Waals surface area contributed by atoms with Gasteiger partial charge in [0.2, 0.25) is 0 Å². The second-order valence-corrected chi connectivity index (χ2v) is 9.81. The lowest BCUT2D eigenvalue weighted by molar-refractivity contribution is -0.154. The van der Waals surface area contributed by atoms with Crippen LogP contribution in [0.2, 0.25) is 0 Å². The largest absolute Gasteiger partial charge is 0.481 e. The molecule has 0 aliphatic rings. The van der Waals surface area contributed by atoms with Gasteiger partial charge in [0.15, 0.2) is 0 Å². The minimum absolute atomic E-state index is 0.0983. The lowest BCUT2D eigenvalue weighted by atomic mass is 9.97. The molecule has 3 aromatic rings. The molecule has 1 atom stereocenters. The van der Waals surface area contributed by atoms with Gasteiger partial charge in [-0.3, -0.25) is 19.2 Å². The van der Waals surface area contributed by atoms with Crippen LogP contribution in [0.1, 0.15) is 60.8 Å². The predicted molar refractivity (Wildman–Crippen MR) is 139 cm³/mol. The van der Waals surface area contributed by atoms with Crippen LogP contribution >= 0.6 is 0 Å². The van der Waals surface area contributed by atoms with Crippen LogP contribution in [0, 0.1) is 24.3 Å². The average molecular weight is 537 g/mol. The van der Waals surface area contributed by atoms with Crippen LogP contribution in [0.15, 0.2) is 35.4 Å². The van der Waals surface area contributed by atoms with Gasteiger partial charge in [0.05, 0.1) is 10.8 Å². The number of fused-ring (bicyclic) bond motifs is 1. The molecule has 39 heavy (non-hydrogen) atoms. The molecule has 204 valence electrons. The highest BCUT2D eigenvalue weighted by molar-refractivity contribution is 5.96. The number of carboxylic acid groups (broad SMARTS) is 2. The zero-order valence-corrected chi connectivity index (χ0v) is 21.8. The Morgan fingerprint density at radius 1 is 1.15 bits per heavy atom. The number of ether oxygens (including phenoxy) is 1. The highest BCUT2D eigenvalue weighted by Crippen LogP contribution is 2.21. The topological polar surface area (TPSA) is 181 Å². The summed E-state index contributed by atoms with van der Waals surface area (Å²) in [5.41, 5.74) is 0.965. The van der Waals surface area contributed by atoms with E-state index in [0.29, 0.717) is 22.5 Å². The van der Waals surface area contributed by atoms with Crippen molar-refractivity contribution in [2.24, 2.45) is 5.41 Å². The lowest BCUT2D eigenvalue weighted by Gasteiger charge is -2.16. The molecule has 0 fully saturated rings. The minimum Gasteiger partial charge on any atom is -0.481 e. The highest BCUT2D eigenvalue weighted by atomic mass is 16.5. The Morgan fingerprint density at radius 3 is 2.41 bits per heavy atom. The Hall–Kier alpha value is -4.92. The lowest BCUT2D eigenvalue weighted by Crippen LogP contribution is -2.41. The molecule has 0 aliphatic carbocycles. The van der Waals surface area contributed by atoms with Crippen LogP contribution in [-0.4, -0.2) is 54.6 Å². The number of aromatic nitrogens is 3. The average Bonchev–Trinajstić information content (AvgIpc) is 3.19. The quantitative estimate of drug-likeness (QED) is 0.247. The van der Waals surface area contributed by atoms with Gasteiger partial charge in [-0.1, -0.05) is 0 Å². The number of aryl methyl sites for hydroxylation is 1. The fourth-order valence-electron chi connectivity index (χ4n) is 3.47. The summed E-state index contributed by atoms with van der Waals surface area (Å²) in [5, 5.41) is 20.5. The molecule has 0 saturated heterocycles. The first-order valence-corrected chi connectivity index (χ1v) is 11.9. The van der Waals surface area contributed by atoms with Crippen molar-refractivity contribution in [2.75, 3.05) is 0 Å². The van der Waals surface area contributed by atoms with Gasteiger partial charge < -0.3 is 25.3 Å². The summed E-state index contributed by atoms with van der Waals surface area (Å²) in [4.78, 5) is 67.0. The van der Waals surface area contributed by atoms with Crippen molar-refractivity contribution < 1.29 is 34.1 Å². The van der Waals surface area contributed by atoms with Gasteiger partial charge >= 0.3 is 17.9 Å². The molecule has 12 nitrogen and oxygen atoms in total. The third kappa shape index (κ3) is 7.10. The molecule has 3 rings (SSSR count). The van der Waals surface area contributed by atoms with E-state index in [1.807, 2.05) is 0 Å². The Balaban J connectivity index is 1.79. The van der Waals surface area contributed by atoms with Gasteiger partial charge in [-0.05, 0) is 64.3 Å². The molecule has 1 amide bonds. The number of carbonyl (C=O) groups is 4. The van der Waals surface area contributed by atoms with Gasteiger partial charge in [-0.2, -0.15) is 0 Å². The number of hydrogen-bond donors (Lipinski definition) is 4. The van der Waals surface area contributed by atoms with Crippen LogP contribution in [0.25, 0.3) is 11.0 Å². The minimum atomic E-state index is -1.35. The van der Waals surface area contributed by atoms with Gasteiger partial charge in [-0.15, -0.1) is 0 Å². The zero-order valence-electron chi connectivity index (χ0n) is 21.8. The second kappa shape index (κ2) is 11.6. The van der Waals surface area contributed by atoms with Crippen molar-refractivity contribution in [1.29, 1.82) is 0 Å². The van der Waals surface area contributed by atoms with Crippen molar-refractivity contribution in [3.8, 4) is 12.0 Å². The number of aliphatic carboxylic acids is 2. The molecule has 2 aromatic heterocycles. The van der Waals surface area contributed by atoms with E-state index >= 15 is 0 Å². The number of esters is 1. The monoisotopic (exact) mass is 536 g/mol. The summed E-state index contributed by atoms with van der Waals surface area (Å²) in [7, 11) is 0. The van der Waals surface area contributed by atoms with E-state index in [-0.39, 0.29) is 24.0 Å². The standard InChI is InChI=1S/C27H28N4O8/c1-15-18(13-39-26(38)27(2,3)4)21-22(29-15)28-14-31(24(21)35)12-11-16-5-7-17(8-6-16)23(34)30-19(25(36)37)9-10-20(32)33/h5-8,14,19,29H,9-10,13H2,1-4H3,(H,30,34)(H,32,33)(H,36,37)/t19-/m0/s1. The molecule has 12 heteroatoms. The molecular formula is C27H28N4O8. The van der Waals surface area contributed by atoms with Gasteiger partial charge in [0.25, 0.3) is 11.5 Å². The number of nitrogens with zero attached hydrogens (tertiary/aromatic N) is 2. The van der Waals surface area contributed by atoms with Crippen LogP contribution in [0.3, 0.4) is 0 Å². The van der Waals surface area contributed by atoms with Crippen LogP contribution in [0.4, 0.5) is 0 Å². The van der Waals surface area contributed by atoms with E-state index < -0.39 is 47.3 Å². The molecule has 1 aromatic carbocycles. The van der Waals surface area contributed by atoms with E-state index in [4.69, 9.17) is 9.84 Å². The Labute approximate surface area is 223 Å². The number of benzene rings is 1. The second-order valence-electron chi connectivity index (χ2n) is 9.81. The molecule has 4 N–H and O–H groups in total. The van der Waals surface area contributed by atoms with E-state index in [0.717, 1.165) is 4.57 Å². The Bertz CT molecular complexity index is 1550. The first-order chi connectivity index (χ1) is 18.3. The molecule has 0 aliphatic heterocycles. The number of H-pyrrole nitrogens is 1. The third-order valence-electron chi connectivity index (χ3n) is 5.71. The number of rotatable bonds is 8. The zero-order chi connectivity index (χ0) is 28.9. The summed E-state index contributed by atoms with van der Waals surface area (Å²) in [6.45, 7) is 6.85. The van der Waals surface area contributed by atoms with E-state index in [9.17, 15) is 29.1 Å². The van der Waals surface area contributed by atoms with E-state index in [1.165, 1.54) is 30.6 Å². The van der Waals surface area contributed by atoms with Crippen molar-refractivity contribution in [2.45, 2.75) is 53.2 Å². The number of amides is 1. The number of aromatic amines is 1. The summed E-state index contributed by atoms with van der Waals surface area (Å²) in [6, 6.07) is 7.25. The molecular weight excluding hydrogens is 508 g/mol. The van der Waals surface area contributed by atoms with Gasteiger partial charge in [0.1, 0.15) is 24.6 Å². The maximum atomic E-state index is 13.1. The molecule has 2 heterocycles. The van der Waals surface area contributed by atoms with E-state index in [1.54, 1.807) is 27.7 Å². The van der Waals surface area contributed by atoms with Crippen LogP contribution < -0.4 is 10.9 Å². The normalized spacial score (nSPS) is 11.8. The molecule has 0 unspecified atom stereocenters. The maximum absolute atomic E-state index is 13.1. The first-order valence-electron chi connectivity index (χ1n) is 11.9. The van der Waals surface area contributed by atoms with Crippen LogP contribution in [0.5, 0.6) is 0 Å². The van der Waals surface area contributed by atoms with Gasteiger partial charge in [-0.25, -0.2) is 14.3 Å². The Morgan fingerprint density at radius 2 is 1.82 bits per heavy atom. The highest BCUT2D eigenvalue weighted by Gasteiger charge is 2.25. The SMILES string of the molecule is Cc1[nH]c2ncn(C#Cc3ccc(C(=O)N[C@@H](CCC(=O)O)C(=O)O)cc3)c(=O)c2c1COC(=O)C(C)(C)C.